The van der Waals surface area contributed by atoms with Crippen LogP contribution in [-0.2, 0) is 6.54 Å². The number of urea groups is 1. The highest BCUT2D eigenvalue weighted by molar-refractivity contribution is 5.73. The van der Waals surface area contributed by atoms with E-state index in [4.69, 9.17) is 4.42 Å². The lowest BCUT2D eigenvalue weighted by molar-refractivity contribution is 0.0724. The number of aryl methyl sites for hydroxylation is 2. The predicted octanol–water partition coefficient (Wildman–Crippen LogP) is 3.21. The van der Waals surface area contributed by atoms with Crippen molar-refractivity contribution in [2.75, 3.05) is 19.6 Å². The summed E-state index contributed by atoms with van der Waals surface area (Å²) in [5, 5.41) is 5.92. The Hall–Kier alpha value is -1.49. The first-order valence-electron chi connectivity index (χ1n) is 8.60. The number of piperidine rings is 1. The first-order valence-corrected chi connectivity index (χ1v) is 8.60. The van der Waals surface area contributed by atoms with Gasteiger partial charge in [0, 0.05) is 30.7 Å². The van der Waals surface area contributed by atoms with Crippen LogP contribution in [0.4, 0.5) is 4.79 Å². The second-order valence-electron chi connectivity index (χ2n) is 7.48. The molecule has 2 heterocycles. The van der Waals surface area contributed by atoms with Crippen molar-refractivity contribution in [3.8, 4) is 0 Å². The van der Waals surface area contributed by atoms with E-state index < -0.39 is 0 Å². The normalized spacial score (nSPS) is 19.6. The fraction of sp³-hybridized carbons (Fsp3) is 0.722. The van der Waals surface area contributed by atoms with Gasteiger partial charge >= 0.3 is 6.03 Å². The SMILES string of the molecule is Cc1cc(CNC(=O)NCC(C)(C)N2CCCC(C)C2)c(C)o1. The van der Waals surface area contributed by atoms with Crippen molar-refractivity contribution < 1.29 is 9.21 Å². The molecule has 2 N–H and O–H groups in total. The monoisotopic (exact) mass is 321 g/mol. The fourth-order valence-corrected chi connectivity index (χ4v) is 3.24. The number of hydrogen-bond donors (Lipinski definition) is 2. The highest BCUT2D eigenvalue weighted by Gasteiger charge is 2.30. The van der Waals surface area contributed by atoms with Crippen LogP contribution in [0.25, 0.3) is 0 Å². The van der Waals surface area contributed by atoms with Crippen LogP contribution in [0.1, 0.15) is 50.7 Å². The lowest BCUT2D eigenvalue weighted by atomic mass is 9.93. The zero-order valence-corrected chi connectivity index (χ0v) is 15.2. The topological polar surface area (TPSA) is 57.5 Å². The molecule has 0 spiro atoms. The van der Waals surface area contributed by atoms with Crippen molar-refractivity contribution in [2.45, 2.75) is 59.5 Å². The number of rotatable bonds is 5. The molecule has 1 unspecified atom stereocenters. The summed E-state index contributed by atoms with van der Waals surface area (Å²) in [6.07, 6.45) is 2.56. The first kappa shape index (κ1) is 17.9. The summed E-state index contributed by atoms with van der Waals surface area (Å²) in [5.74, 6) is 2.48. The van der Waals surface area contributed by atoms with E-state index in [9.17, 15) is 4.79 Å². The molecule has 1 atom stereocenters. The Morgan fingerprint density at radius 3 is 2.74 bits per heavy atom. The van der Waals surface area contributed by atoms with E-state index in [0.717, 1.165) is 36.1 Å². The molecule has 5 heteroatoms. The second-order valence-corrected chi connectivity index (χ2v) is 7.48. The Balaban J connectivity index is 1.77. The van der Waals surface area contributed by atoms with Crippen LogP contribution in [-0.4, -0.2) is 36.1 Å². The Kier molecular flexibility index (Phi) is 5.74. The maximum absolute atomic E-state index is 12.1. The van der Waals surface area contributed by atoms with Crippen LogP contribution < -0.4 is 10.6 Å². The van der Waals surface area contributed by atoms with Crippen LogP contribution in [0.2, 0.25) is 0 Å². The lowest BCUT2D eigenvalue weighted by Crippen LogP contribution is -2.55. The van der Waals surface area contributed by atoms with E-state index in [1.807, 2.05) is 19.9 Å². The second kappa shape index (κ2) is 7.39. The Morgan fingerprint density at radius 1 is 1.39 bits per heavy atom. The number of carbonyl (C=O) groups excluding carboxylic acids is 1. The van der Waals surface area contributed by atoms with Crippen LogP contribution in [0.5, 0.6) is 0 Å². The number of nitrogens with one attached hydrogen (secondary N) is 2. The van der Waals surface area contributed by atoms with Crippen LogP contribution >= 0.6 is 0 Å². The van der Waals surface area contributed by atoms with Gasteiger partial charge in [-0.2, -0.15) is 0 Å². The molecule has 1 saturated heterocycles. The number of nitrogens with zero attached hydrogens (tertiary/aromatic N) is 1. The third-order valence-electron chi connectivity index (χ3n) is 4.78. The largest absolute Gasteiger partial charge is 0.466 e. The van der Waals surface area contributed by atoms with Crippen molar-refractivity contribution in [1.82, 2.24) is 15.5 Å². The Bertz CT molecular complexity index is 536. The number of likely N-dealkylation sites (tertiary alicyclic amines) is 1. The van der Waals surface area contributed by atoms with Gasteiger partial charge in [-0.15, -0.1) is 0 Å². The predicted molar refractivity (Wildman–Crippen MR) is 92.5 cm³/mol. The van der Waals surface area contributed by atoms with Crippen LogP contribution in [0, 0.1) is 19.8 Å². The van der Waals surface area contributed by atoms with Crippen molar-refractivity contribution in [3.63, 3.8) is 0 Å². The molecule has 0 saturated carbocycles. The fourth-order valence-electron chi connectivity index (χ4n) is 3.24. The lowest BCUT2D eigenvalue weighted by Gasteiger charge is -2.43. The molecule has 0 bridgehead atoms. The van der Waals surface area contributed by atoms with Crippen LogP contribution in [0.3, 0.4) is 0 Å². The van der Waals surface area contributed by atoms with E-state index in [-0.39, 0.29) is 11.6 Å². The molecule has 23 heavy (non-hydrogen) atoms. The molecule has 1 aromatic heterocycles. The molecule has 130 valence electrons. The summed E-state index contributed by atoms with van der Waals surface area (Å²) in [4.78, 5) is 14.5. The van der Waals surface area contributed by atoms with Gasteiger partial charge in [0.15, 0.2) is 0 Å². The highest BCUT2D eigenvalue weighted by atomic mass is 16.3. The summed E-state index contributed by atoms with van der Waals surface area (Å²) < 4.78 is 5.47. The maximum atomic E-state index is 12.1. The molecule has 2 rings (SSSR count). The van der Waals surface area contributed by atoms with Gasteiger partial charge in [-0.1, -0.05) is 6.92 Å². The quantitative estimate of drug-likeness (QED) is 0.875. The minimum Gasteiger partial charge on any atom is -0.466 e. The highest BCUT2D eigenvalue weighted by Crippen LogP contribution is 2.23. The minimum atomic E-state index is -0.124. The van der Waals surface area contributed by atoms with Gasteiger partial charge in [0.25, 0.3) is 0 Å². The van der Waals surface area contributed by atoms with Crippen molar-refractivity contribution in [2.24, 2.45) is 5.92 Å². The van der Waals surface area contributed by atoms with Gasteiger partial charge in [0.2, 0.25) is 0 Å². The zero-order chi connectivity index (χ0) is 17.0. The Morgan fingerprint density at radius 2 is 2.13 bits per heavy atom. The molecule has 5 nitrogen and oxygen atoms in total. The molecule has 1 fully saturated rings. The number of carbonyl (C=O) groups is 1. The number of hydrogen-bond acceptors (Lipinski definition) is 3. The van der Waals surface area contributed by atoms with E-state index in [1.54, 1.807) is 0 Å². The molecular formula is C18H31N3O2. The van der Waals surface area contributed by atoms with E-state index in [0.29, 0.717) is 13.1 Å². The minimum absolute atomic E-state index is 0.0197. The summed E-state index contributed by atoms with van der Waals surface area (Å²) in [7, 11) is 0. The van der Waals surface area contributed by atoms with Gasteiger partial charge in [0.1, 0.15) is 11.5 Å². The molecular weight excluding hydrogens is 290 g/mol. The third kappa shape index (κ3) is 4.99. The molecule has 2 amide bonds. The molecule has 0 aliphatic carbocycles. The molecule has 1 aliphatic rings. The van der Waals surface area contributed by atoms with Crippen molar-refractivity contribution >= 4 is 6.03 Å². The van der Waals surface area contributed by atoms with Crippen LogP contribution in [0.15, 0.2) is 10.5 Å². The molecule has 0 radical (unpaired) electrons. The average Bonchev–Trinajstić information content (AvgIpc) is 2.81. The summed E-state index contributed by atoms with van der Waals surface area (Å²) in [6, 6.07) is 1.84. The van der Waals surface area contributed by atoms with Gasteiger partial charge in [-0.05, 0) is 59.1 Å². The summed E-state index contributed by atoms with van der Waals surface area (Å²) >= 11 is 0. The van der Waals surface area contributed by atoms with Gasteiger partial charge in [-0.3, -0.25) is 4.90 Å². The van der Waals surface area contributed by atoms with E-state index in [2.05, 4.69) is 36.3 Å². The van der Waals surface area contributed by atoms with E-state index in [1.165, 1.54) is 12.8 Å². The van der Waals surface area contributed by atoms with Crippen molar-refractivity contribution in [1.29, 1.82) is 0 Å². The molecule has 1 aromatic rings. The summed E-state index contributed by atoms with van der Waals surface area (Å²) in [6.45, 7) is 13.9. The van der Waals surface area contributed by atoms with Gasteiger partial charge in [0.05, 0.1) is 0 Å². The number of furan rings is 1. The summed E-state index contributed by atoms with van der Waals surface area (Å²) in [5.41, 5.74) is 1.01. The average molecular weight is 321 g/mol. The standard InChI is InChI=1S/C18H31N3O2/c1-13-7-6-8-21(11-13)18(4,5)12-20-17(22)19-10-16-9-14(2)23-15(16)3/h9,13H,6-8,10-12H2,1-5H3,(H2,19,20,22). The van der Waals surface area contributed by atoms with Gasteiger partial charge in [-0.25, -0.2) is 4.79 Å². The van der Waals surface area contributed by atoms with Gasteiger partial charge < -0.3 is 15.1 Å². The third-order valence-corrected chi connectivity index (χ3v) is 4.78. The smallest absolute Gasteiger partial charge is 0.315 e. The molecule has 1 aliphatic heterocycles. The van der Waals surface area contributed by atoms with E-state index >= 15 is 0 Å². The van der Waals surface area contributed by atoms with Crippen molar-refractivity contribution in [3.05, 3.63) is 23.2 Å². The number of amides is 2. The Labute approximate surface area is 139 Å². The first-order chi connectivity index (χ1) is 10.8. The maximum Gasteiger partial charge on any atom is 0.315 e. The molecule has 0 aromatic carbocycles. The zero-order valence-electron chi connectivity index (χ0n) is 15.2.